The van der Waals surface area contributed by atoms with Gasteiger partial charge in [0.1, 0.15) is 10.8 Å². The topological polar surface area (TPSA) is 127 Å². The van der Waals surface area contributed by atoms with Crippen LogP contribution in [-0.4, -0.2) is 49.9 Å². The zero-order valence-corrected chi connectivity index (χ0v) is 21.8. The van der Waals surface area contributed by atoms with Crippen molar-refractivity contribution in [3.63, 3.8) is 0 Å². The second-order valence-electron chi connectivity index (χ2n) is 8.76. The Morgan fingerprint density at radius 1 is 1.11 bits per heavy atom. The van der Waals surface area contributed by atoms with Gasteiger partial charge in [-0.15, -0.1) is 11.3 Å². The molecule has 0 saturated heterocycles. The van der Waals surface area contributed by atoms with Gasteiger partial charge in [-0.05, 0) is 66.4 Å². The van der Waals surface area contributed by atoms with Gasteiger partial charge in [-0.2, -0.15) is 0 Å². The highest BCUT2D eigenvalue weighted by molar-refractivity contribution is 7.92. The summed E-state index contributed by atoms with van der Waals surface area (Å²) < 4.78 is 46.6. The smallest absolute Gasteiger partial charge is 0.246 e. The number of carbonyl (C=O) groups is 2. The third kappa shape index (κ3) is 5.50. The van der Waals surface area contributed by atoms with E-state index in [2.05, 4.69) is 20.6 Å². The van der Waals surface area contributed by atoms with Crippen molar-refractivity contribution in [3.8, 4) is 17.0 Å². The van der Waals surface area contributed by atoms with Gasteiger partial charge in [0.25, 0.3) is 0 Å². The lowest BCUT2D eigenvalue weighted by atomic mass is 10.1. The monoisotopic (exact) mass is 554 g/mol. The number of pyridine rings is 1. The van der Waals surface area contributed by atoms with E-state index in [1.165, 1.54) is 7.11 Å². The molecule has 2 N–H and O–H groups in total. The molecular formula is C26H23FN4O5S2. The summed E-state index contributed by atoms with van der Waals surface area (Å²) in [5.74, 6) is -1.46. The normalized spacial score (nSPS) is 14.2. The van der Waals surface area contributed by atoms with Crippen LogP contribution < -0.4 is 15.4 Å². The number of halogens is 1. The molecule has 0 aliphatic heterocycles. The van der Waals surface area contributed by atoms with Gasteiger partial charge >= 0.3 is 0 Å². The number of hydrogen-bond donors (Lipinski definition) is 2. The second kappa shape index (κ2) is 10.5. The SMILES string of the molecule is COc1cc(-c2ccc3nc(C(C(=O)NCC(=O)NC4CC4)S(=O)(=O)c4ccc(F)cc4)sc3c2)ccn1. The minimum absolute atomic E-state index is 0.0360. The van der Waals surface area contributed by atoms with E-state index < -0.39 is 32.7 Å². The quantitative estimate of drug-likeness (QED) is 0.304. The van der Waals surface area contributed by atoms with E-state index in [-0.39, 0.29) is 22.5 Å². The molecule has 4 aromatic rings. The summed E-state index contributed by atoms with van der Waals surface area (Å²) in [6, 6.07) is 13.3. The Morgan fingerprint density at radius 3 is 2.55 bits per heavy atom. The number of carbonyl (C=O) groups excluding carboxylic acids is 2. The molecule has 1 fully saturated rings. The summed E-state index contributed by atoms with van der Waals surface area (Å²) in [5, 5.41) is 3.49. The Labute approximate surface area is 222 Å². The fraction of sp³-hybridized carbons (Fsp3) is 0.231. The van der Waals surface area contributed by atoms with Crippen LogP contribution >= 0.6 is 11.3 Å². The number of rotatable bonds is 9. The van der Waals surface area contributed by atoms with Crippen molar-refractivity contribution >= 4 is 43.2 Å². The van der Waals surface area contributed by atoms with Gasteiger partial charge < -0.3 is 15.4 Å². The van der Waals surface area contributed by atoms with E-state index in [1.807, 2.05) is 18.2 Å². The molecule has 38 heavy (non-hydrogen) atoms. The molecule has 5 rings (SSSR count). The van der Waals surface area contributed by atoms with Crippen molar-refractivity contribution in [1.82, 2.24) is 20.6 Å². The van der Waals surface area contributed by atoms with Gasteiger partial charge in [-0.25, -0.2) is 22.8 Å². The van der Waals surface area contributed by atoms with E-state index >= 15 is 0 Å². The molecule has 2 aromatic carbocycles. The predicted octanol–water partition coefficient (Wildman–Crippen LogP) is 3.42. The molecule has 1 unspecified atom stereocenters. The average molecular weight is 555 g/mol. The van der Waals surface area contributed by atoms with Crippen molar-refractivity contribution in [1.29, 1.82) is 0 Å². The van der Waals surface area contributed by atoms with Crippen LogP contribution in [0, 0.1) is 5.82 Å². The number of nitrogens with one attached hydrogen (secondary N) is 2. The Kier molecular flexibility index (Phi) is 7.09. The molecule has 1 aliphatic rings. The number of benzene rings is 2. The predicted molar refractivity (Wildman–Crippen MR) is 140 cm³/mol. The first-order valence-corrected chi connectivity index (χ1v) is 14.1. The first-order chi connectivity index (χ1) is 18.2. The van der Waals surface area contributed by atoms with Gasteiger partial charge in [0, 0.05) is 18.3 Å². The molecule has 1 atom stereocenters. The van der Waals surface area contributed by atoms with Gasteiger partial charge in [-0.3, -0.25) is 9.59 Å². The van der Waals surface area contributed by atoms with E-state index in [4.69, 9.17) is 4.74 Å². The molecule has 12 heteroatoms. The number of ether oxygens (including phenoxy) is 1. The lowest BCUT2D eigenvalue weighted by molar-refractivity contribution is -0.126. The lowest BCUT2D eigenvalue weighted by Gasteiger charge is -2.16. The number of nitrogens with zero attached hydrogens (tertiary/aromatic N) is 2. The summed E-state index contributed by atoms with van der Waals surface area (Å²) in [6.45, 7) is -0.371. The van der Waals surface area contributed by atoms with Gasteiger partial charge in [0.15, 0.2) is 15.1 Å². The van der Waals surface area contributed by atoms with Crippen molar-refractivity contribution < 1.29 is 27.1 Å². The molecule has 1 aliphatic carbocycles. The van der Waals surface area contributed by atoms with Crippen molar-refractivity contribution in [3.05, 3.63) is 71.6 Å². The molecule has 196 valence electrons. The van der Waals surface area contributed by atoms with Gasteiger partial charge in [0.05, 0.1) is 28.8 Å². The Morgan fingerprint density at radius 2 is 1.84 bits per heavy atom. The van der Waals surface area contributed by atoms with Crippen molar-refractivity contribution in [2.75, 3.05) is 13.7 Å². The van der Waals surface area contributed by atoms with Gasteiger partial charge in [-0.1, -0.05) is 6.07 Å². The van der Waals surface area contributed by atoms with Crippen molar-refractivity contribution in [2.24, 2.45) is 0 Å². The minimum Gasteiger partial charge on any atom is -0.481 e. The molecule has 0 spiro atoms. The summed E-state index contributed by atoms with van der Waals surface area (Å²) in [7, 11) is -2.81. The summed E-state index contributed by atoms with van der Waals surface area (Å²) >= 11 is 1.06. The summed E-state index contributed by atoms with van der Waals surface area (Å²) in [5.41, 5.74) is 2.17. The van der Waals surface area contributed by atoms with E-state index in [9.17, 15) is 22.4 Å². The molecule has 1 saturated carbocycles. The third-order valence-corrected chi connectivity index (χ3v) is 9.18. The fourth-order valence-electron chi connectivity index (χ4n) is 3.85. The van der Waals surface area contributed by atoms with Gasteiger partial charge in [0.2, 0.25) is 17.7 Å². The Hall–Kier alpha value is -3.90. The molecule has 2 heterocycles. The summed E-state index contributed by atoms with van der Waals surface area (Å²) in [4.78, 5) is 33.7. The molecular weight excluding hydrogens is 531 g/mol. The number of hydrogen-bond acceptors (Lipinski definition) is 8. The average Bonchev–Trinajstić information content (AvgIpc) is 3.63. The molecule has 2 amide bonds. The third-order valence-electron chi connectivity index (χ3n) is 5.96. The first kappa shape index (κ1) is 25.7. The number of methoxy groups -OCH3 is 1. The number of aromatic nitrogens is 2. The number of amides is 2. The standard InChI is InChI=1S/C26H23FN4O5S2/c1-36-23-13-16(10-11-28-23)15-2-9-20-21(12-15)37-26(31-20)24(25(33)29-14-22(32)30-18-5-6-18)38(34,35)19-7-3-17(27)4-8-19/h2-4,7-13,18,24H,5-6,14H2,1H3,(H,29,33)(H,30,32). The zero-order valence-electron chi connectivity index (χ0n) is 20.2. The van der Waals surface area contributed by atoms with Crippen LogP contribution in [0.3, 0.4) is 0 Å². The maximum absolute atomic E-state index is 13.6. The summed E-state index contributed by atoms with van der Waals surface area (Å²) in [6.07, 6.45) is 3.37. The second-order valence-corrected chi connectivity index (χ2v) is 11.9. The number of sulfone groups is 1. The van der Waals surface area contributed by atoms with E-state index in [0.717, 1.165) is 59.6 Å². The van der Waals surface area contributed by atoms with Crippen LogP contribution in [-0.2, 0) is 19.4 Å². The Balaban J connectivity index is 1.51. The van der Waals surface area contributed by atoms with Crippen LogP contribution in [0.1, 0.15) is 23.1 Å². The van der Waals surface area contributed by atoms with Crippen LogP contribution in [0.15, 0.2) is 65.7 Å². The number of fused-ring (bicyclic) bond motifs is 1. The van der Waals surface area contributed by atoms with E-state index in [1.54, 1.807) is 18.3 Å². The van der Waals surface area contributed by atoms with Crippen molar-refractivity contribution in [2.45, 2.75) is 29.0 Å². The Bertz CT molecular complexity index is 1620. The minimum atomic E-state index is -4.33. The maximum atomic E-state index is 13.6. The highest BCUT2D eigenvalue weighted by Crippen LogP contribution is 2.36. The first-order valence-electron chi connectivity index (χ1n) is 11.7. The van der Waals surface area contributed by atoms with Crippen LogP contribution in [0.5, 0.6) is 5.88 Å². The van der Waals surface area contributed by atoms with Crippen LogP contribution in [0.2, 0.25) is 0 Å². The molecule has 2 aromatic heterocycles. The van der Waals surface area contributed by atoms with E-state index in [0.29, 0.717) is 16.1 Å². The maximum Gasteiger partial charge on any atom is 0.246 e. The number of thiazole rings is 1. The van der Waals surface area contributed by atoms with Crippen LogP contribution in [0.4, 0.5) is 4.39 Å². The molecule has 0 radical (unpaired) electrons. The highest BCUT2D eigenvalue weighted by atomic mass is 32.2. The van der Waals surface area contributed by atoms with Crippen LogP contribution in [0.25, 0.3) is 21.3 Å². The molecule has 0 bridgehead atoms. The highest BCUT2D eigenvalue weighted by Gasteiger charge is 2.38. The fourth-order valence-corrected chi connectivity index (χ4v) is 6.83. The largest absolute Gasteiger partial charge is 0.481 e. The molecule has 9 nitrogen and oxygen atoms in total. The zero-order chi connectivity index (χ0) is 26.9. The lowest BCUT2D eigenvalue weighted by Crippen LogP contribution is -2.41.